The molecule has 20 heavy (non-hydrogen) atoms. The number of thiocarbonyl (C=S) groups is 1. The predicted molar refractivity (Wildman–Crippen MR) is 69.5 cm³/mol. The Morgan fingerprint density at radius 2 is 2.15 bits per heavy atom. The summed E-state index contributed by atoms with van der Waals surface area (Å²) in [6.07, 6.45) is -1.20. The third-order valence-electron chi connectivity index (χ3n) is 2.42. The summed E-state index contributed by atoms with van der Waals surface area (Å²) in [6.45, 7) is 0. The van der Waals surface area contributed by atoms with E-state index in [4.69, 9.17) is 0 Å². The summed E-state index contributed by atoms with van der Waals surface area (Å²) in [4.78, 5) is 19.2. The molecule has 8 heteroatoms. The lowest BCUT2D eigenvalue weighted by Gasteiger charge is -2.11. The summed E-state index contributed by atoms with van der Waals surface area (Å²) < 4.78 is 39.3. The number of isothiocyanates is 1. The lowest BCUT2D eigenvalue weighted by Crippen LogP contribution is -2.20. The molecule has 0 N–H and O–H groups in total. The van der Waals surface area contributed by atoms with Crippen LogP contribution in [0.25, 0.3) is 5.69 Å². The average molecular weight is 297 g/mol. The van der Waals surface area contributed by atoms with E-state index < -0.39 is 23.0 Å². The van der Waals surface area contributed by atoms with Gasteiger partial charge in [-0.25, -0.2) is 0 Å². The molecular formula is C12H6F3N3OS. The molecule has 0 amide bonds. The van der Waals surface area contributed by atoms with Crippen molar-refractivity contribution in [3.8, 4) is 5.69 Å². The van der Waals surface area contributed by atoms with Gasteiger partial charge < -0.3 is 0 Å². The van der Waals surface area contributed by atoms with Crippen LogP contribution in [0.15, 0.2) is 46.6 Å². The van der Waals surface area contributed by atoms with Gasteiger partial charge in [0.25, 0.3) is 5.56 Å². The van der Waals surface area contributed by atoms with Crippen molar-refractivity contribution in [2.75, 3.05) is 0 Å². The minimum absolute atomic E-state index is 0.199. The highest BCUT2D eigenvalue weighted by atomic mass is 32.1. The molecule has 2 heterocycles. The quantitative estimate of drug-likeness (QED) is 0.632. The molecule has 0 unspecified atom stereocenters. The second kappa shape index (κ2) is 5.36. The van der Waals surface area contributed by atoms with Gasteiger partial charge in [-0.15, -0.1) is 0 Å². The first-order chi connectivity index (χ1) is 9.43. The van der Waals surface area contributed by atoms with Crippen LogP contribution in [0, 0.1) is 0 Å². The molecule has 0 aliphatic carbocycles. The summed E-state index contributed by atoms with van der Waals surface area (Å²) in [7, 11) is 0. The summed E-state index contributed by atoms with van der Waals surface area (Å²) >= 11 is 4.33. The van der Waals surface area contributed by atoms with Gasteiger partial charge in [0.05, 0.1) is 22.6 Å². The van der Waals surface area contributed by atoms with E-state index in [1.807, 2.05) is 5.16 Å². The third kappa shape index (κ3) is 2.81. The third-order valence-corrected chi connectivity index (χ3v) is 2.51. The molecule has 0 saturated carbocycles. The van der Waals surface area contributed by atoms with E-state index in [0.29, 0.717) is 12.3 Å². The Morgan fingerprint density at radius 1 is 1.40 bits per heavy atom. The van der Waals surface area contributed by atoms with E-state index in [0.717, 1.165) is 4.57 Å². The van der Waals surface area contributed by atoms with E-state index in [-0.39, 0.29) is 5.69 Å². The van der Waals surface area contributed by atoms with Gasteiger partial charge in [0.2, 0.25) is 0 Å². The summed E-state index contributed by atoms with van der Waals surface area (Å²) in [5.74, 6) is 0. The van der Waals surface area contributed by atoms with E-state index in [1.54, 1.807) is 0 Å². The fourth-order valence-electron chi connectivity index (χ4n) is 1.54. The van der Waals surface area contributed by atoms with Crippen LogP contribution in [0.4, 0.5) is 18.9 Å². The van der Waals surface area contributed by atoms with Crippen LogP contribution in [0.1, 0.15) is 5.56 Å². The summed E-state index contributed by atoms with van der Waals surface area (Å²) in [5, 5.41) is 1.89. The minimum Gasteiger partial charge on any atom is -0.280 e. The SMILES string of the molecule is O=c1c(N=C=S)cc(C(F)(F)F)cn1-c1cccnc1. The molecular weight excluding hydrogens is 291 g/mol. The molecule has 0 bridgehead atoms. The lowest BCUT2D eigenvalue weighted by atomic mass is 10.2. The molecule has 4 nitrogen and oxygen atoms in total. The highest BCUT2D eigenvalue weighted by Crippen LogP contribution is 2.30. The second-order valence-corrected chi connectivity index (χ2v) is 3.88. The van der Waals surface area contributed by atoms with Gasteiger partial charge in [0.15, 0.2) is 0 Å². The van der Waals surface area contributed by atoms with E-state index in [1.165, 1.54) is 24.5 Å². The van der Waals surface area contributed by atoms with E-state index in [2.05, 4.69) is 22.2 Å². The molecule has 2 aromatic heterocycles. The Hall–Kier alpha value is -2.31. The molecule has 0 atom stereocenters. The zero-order valence-corrected chi connectivity index (χ0v) is 10.6. The van der Waals surface area contributed by atoms with Crippen LogP contribution in [0.2, 0.25) is 0 Å². The molecule has 0 radical (unpaired) electrons. The lowest BCUT2D eigenvalue weighted by molar-refractivity contribution is -0.137. The molecule has 102 valence electrons. The monoisotopic (exact) mass is 297 g/mol. The average Bonchev–Trinajstić information content (AvgIpc) is 2.41. The van der Waals surface area contributed by atoms with Crippen molar-refractivity contribution < 1.29 is 13.2 Å². The van der Waals surface area contributed by atoms with Gasteiger partial charge in [0, 0.05) is 12.4 Å². The van der Waals surface area contributed by atoms with Crippen LogP contribution >= 0.6 is 12.2 Å². The van der Waals surface area contributed by atoms with Crippen LogP contribution in [0.3, 0.4) is 0 Å². The normalized spacial score (nSPS) is 10.9. The number of rotatable bonds is 2. The maximum Gasteiger partial charge on any atom is 0.417 e. The van der Waals surface area contributed by atoms with Crippen molar-refractivity contribution in [1.29, 1.82) is 0 Å². The molecule has 0 spiro atoms. The number of alkyl halides is 3. The Bertz CT molecular complexity index is 734. The molecule has 0 saturated heterocycles. The number of halogens is 3. The van der Waals surface area contributed by atoms with Gasteiger partial charge in [-0.05, 0) is 30.4 Å². The Morgan fingerprint density at radius 3 is 2.70 bits per heavy atom. The van der Waals surface area contributed by atoms with Gasteiger partial charge >= 0.3 is 6.18 Å². The van der Waals surface area contributed by atoms with Crippen LogP contribution in [-0.4, -0.2) is 14.7 Å². The first-order valence-corrected chi connectivity index (χ1v) is 5.66. The molecule has 2 rings (SSSR count). The number of pyridine rings is 2. The number of aliphatic imine (C=N–C) groups is 1. The summed E-state index contributed by atoms with van der Waals surface area (Å²) in [5.41, 5.74) is -1.98. The van der Waals surface area contributed by atoms with Gasteiger partial charge in [-0.3, -0.25) is 14.3 Å². The molecule has 0 aliphatic rings. The van der Waals surface area contributed by atoms with Gasteiger partial charge in [-0.2, -0.15) is 18.2 Å². The fourth-order valence-corrected chi connectivity index (χ4v) is 1.64. The highest BCUT2D eigenvalue weighted by molar-refractivity contribution is 7.78. The van der Waals surface area contributed by atoms with E-state index in [9.17, 15) is 18.0 Å². The standard InChI is InChI=1S/C12H6F3N3OS/c13-12(14,15)8-4-10(17-7-20)11(19)18(6-8)9-2-1-3-16-5-9/h1-6H. The maximum absolute atomic E-state index is 12.8. The summed E-state index contributed by atoms with van der Waals surface area (Å²) in [6, 6.07) is 3.60. The van der Waals surface area contributed by atoms with Crippen molar-refractivity contribution >= 4 is 23.1 Å². The van der Waals surface area contributed by atoms with Crippen LogP contribution < -0.4 is 5.56 Å². The Kier molecular flexibility index (Phi) is 3.78. The van der Waals surface area contributed by atoms with Crippen molar-refractivity contribution in [1.82, 2.24) is 9.55 Å². The zero-order valence-electron chi connectivity index (χ0n) is 9.76. The van der Waals surface area contributed by atoms with Crippen molar-refractivity contribution in [3.63, 3.8) is 0 Å². The van der Waals surface area contributed by atoms with Crippen molar-refractivity contribution in [3.05, 3.63) is 52.7 Å². The number of nitrogens with zero attached hydrogens (tertiary/aromatic N) is 3. The number of hydrogen-bond acceptors (Lipinski definition) is 4. The zero-order chi connectivity index (χ0) is 14.8. The topological polar surface area (TPSA) is 47.2 Å². The van der Waals surface area contributed by atoms with Gasteiger partial charge in [-0.1, -0.05) is 0 Å². The molecule has 2 aromatic rings. The Labute approximate surface area is 116 Å². The minimum atomic E-state index is -4.61. The van der Waals surface area contributed by atoms with Crippen molar-refractivity contribution in [2.24, 2.45) is 4.99 Å². The first-order valence-electron chi connectivity index (χ1n) is 5.25. The highest BCUT2D eigenvalue weighted by Gasteiger charge is 2.32. The fraction of sp³-hybridized carbons (Fsp3) is 0.0833. The number of aromatic nitrogens is 2. The smallest absolute Gasteiger partial charge is 0.280 e. The van der Waals surface area contributed by atoms with Gasteiger partial charge in [0.1, 0.15) is 5.69 Å². The van der Waals surface area contributed by atoms with E-state index >= 15 is 0 Å². The predicted octanol–water partition coefficient (Wildman–Crippen LogP) is 2.99. The number of hydrogen-bond donors (Lipinski definition) is 0. The maximum atomic E-state index is 12.8. The Balaban J connectivity index is 2.77. The molecule has 0 fully saturated rings. The van der Waals surface area contributed by atoms with Crippen LogP contribution in [0.5, 0.6) is 0 Å². The largest absolute Gasteiger partial charge is 0.417 e. The first kappa shape index (κ1) is 14.1. The van der Waals surface area contributed by atoms with Crippen LogP contribution in [-0.2, 0) is 6.18 Å². The molecule has 0 aromatic carbocycles. The molecule has 0 aliphatic heterocycles. The second-order valence-electron chi connectivity index (χ2n) is 3.70. The van der Waals surface area contributed by atoms with Crippen molar-refractivity contribution in [2.45, 2.75) is 6.18 Å².